The van der Waals surface area contributed by atoms with Crippen molar-refractivity contribution in [1.29, 1.82) is 0 Å². The van der Waals surface area contributed by atoms with Gasteiger partial charge in [0.05, 0.1) is 0 Å². The lowest BCUT2D eigenvalue weighted by molar-refractivity contribution is 0.940. The van der Waals surface area contributed by atoms with Crippen LogP contribution in [0.3, 0.4) is 0 Å². The van der Waals surface area contributed by atoms with Crippen molar-refractivity contribution in [3.05, 3.63) is 185 Å². The minimum Gasteiger partial charge on any atom is -0.208 e. The first-order valence-corrected chi connectivity index (χ1v) is 18.0. The first-order chi connectivity index (χ1) is 25.2. The van der Waals surface area contributed by atoms with E-state index in [4.69, 9.17) is 15.0 Å². The lowest BCUT2D eigenvalue weighted by Crippen LogP contribution is -2.07. The summed E-state index contributed by atoms with van der Waals surface area (Å²) in [6, 6.07) is 59.9. The number of halogens is 1. The molecule has 0 spiro atoms. The molecule has 0 aliphatic heterocycles. The Balaban J connectivity index is 1.21. The third kappa shape index (κ3) is 6.20. The summed E-state index contributed by atoms with van der Waals surface area (Å²) < 4.78 is 1.10. The van der Waals surface area contributed by atoms with Crippen molar-refractivity contribution in [2.24, 2.45) is 0 Å². The highest BCUT2D eigenvalue weighted by atomic mass is 79.9. The summed E-state index contributed by atoms with van der Waals surface area (Å²) in [7, 11) is 0. The van der Waals surface area contributed by atoms with Crippen LogP contribution in [0.1, 0.15) is 11.1 Å². The van der Waals surface area contributed by atoms with Crippen LogP contribution in [0, 0.1) is 0 Å². The maximum atomic E-state index is 5.23. The fraction of sp³-hybridized carbons (Fsp3) is 0.0426. The van der Waals surface area contributed by atoms with Crippen LogP contribution in [0.2, 0.25) is 0 Å². The Labute approximate surface area is 306 Å². The Bertz CT molecular complexity index is 2470. The van der Waals surface area contributed by atoms with Gasteiger partial charge >= 0.3 is 0 Å². The highest BCUT2D eigenvalue weighted by Crippen LogP contribution is 2.41. The number of nitrogens with zero attached hydrogens (tertiary/aromatic N) is 3. The molecule has 1 heterocycles. The van der Waals surface area contributed by atoms with Crippen LogP contribution in [0.15, 0.2) is 174 Å². The number of benzene rings is 7. The Morgan fingerprint density at radius 2 is 0.824 bits per heavy atom. The summed E-state index contributed by atoms with van der Waals surface area (Å²) in [5, 5.41) is 0. The molecule has 1 aliphatic rings. The lowest BCUT2D eigenvalue weighted by atomic mass is 9.83. The van der Waals surface area contributed by atoms with Crippen LogP contribution in [-0.4, -0.2) is 15.0 Å². The molecular weight excluding hydrogens is 686 g/mol. The van der Waals surface area contributed by atoms with Gasteiger partial charge in [-0.2, -0.15) is 0 Å². The zero-order chi connectivity index (χ0) is 34.1. The monoisotopic (exact) mass is 717 g/mol. The molecule has 0 fully saturated rings. The average molecular weight is 719 g/mol. The quantitative estimate of drug-likeness (QED) is 0.172. The summed E-state index contributed by atoms with van der Waals surface area (Å²) in [6.07, 6.45) is 1.98. The minimum atomic E-state index is 0.646. The number of fused-ring (bicyclic) bond motifs is 3. The van der Waals surface area contributed by atoms with E-state index in [-0.39, 0.29) is 0 Å². The average Bonchev–Trinajstić information content (AvgIpc) is 3.21. The lowest BCUT2D eigenvalue weighted by Gasteiger charge is -2.23. The van der Waals surface area contributed by atoms with Crippen molar-refractivity contribution in [2.75, 3.05) is 0 Å². The van der Waals surface area contributed by atoms with Gasteiger partial charge in [0.25, 0.3) is 0 Å². The van der Waals surface area contributed by atoms with Gasteiger partial charge in [0, 0.05) is 21.2 Å². The summed E-state index contributed by atoms with van der Waals surface area (Å²) in [5.74, 6) is 1.98. The first-order valence-electron chi connectivity index (χ1n) is 17.3. The van der Waals surface area contributed by atoms with Gasteiger partial charge in [-0.1, -0.05) is 149 Å². The summed E-state index contributed by atoms with van der Waals surface area (Å²) in [4.78, 5) is 15.5. The zero-order valence-corrected chi connectivity index (χ0v) is 29.4. The maximum Gasteiger partial charge on any atom is 0.164 e. The standard InChI is InChI=1S/C47H32BrN3/c48-41-24-25-42-36(30-41)23-22-33-18-11-21-43(44(33)42)47-50-45(34-16-8-3-9-17-34)49-46(51-47)37-20-10-19-35(26-37)40-28-38(31-12-4-1-5-13-31)27-39(29-40)32-14-6-2-7-15-32/h1-21,24-30H,22-23H2. The second-order valence-corrected chi connectivity index (χ2v) is 13.8. The SMILES string of the molecule is Brc1ccc2c(c1)CCc1cccc(-c3nc(-c4ccccc4)nc(-c4cccc(-c5cc(-c6ccccc6)cc(-c6ccccc6)c5)c4)n3)c1-2. The van der Waals surface area contributed by atoms with E-state index in [1.165, 1.54) is 44.5 Å². The third-order valence-electron chi connectivity index (χ3n) is 9.66. The van der Waals surface area contributed by atoms with Crippen molar-refractivity contribution >= 4 is 15.9 Å². The van der Waals surface area contributed by atoms with Crippen LogP contribution in [0.25, 0.3) is 78.7 Å². The molecule has 8 aromatic rings. The Morgan fingerprint density at radius 1 is 0.333 bits per heavy atom. The number of aryl methyl sites for hydroxylation is 2. The fourth-order valence-electron chi connectivity index (χ4n) is 7.16. The molecule has 0 radical (unpaired) electrons. The molecule has 0 N–H and O–H groups in total. The first kappa shape index (κ1) is 31.0. The molecule has 0 atom stereocenters. The highest BCUT2D eigenvalue weighted by molar-refractivity contribution is 9.10. The molecule has 0 bridgehead atoms. The third-order valence-corrected chi connectivity index (χ3v) is 10.2. The van der Waals surface area contributed by atoms with Crippen LogP contribution in [0.5, 0.6) is 0 Å². The van der Waals surface area contributed by atoms with Crippen molar-refractivity contribution in [2.45, 2.75) is 12.8 Å². The van der Waals surface area contributed by atoms with E-state index >= 15 is 0 Å². The molecule has 0 saturated carbocycles. The van der Waals surface area contributed by atoms with E-state index in [1.54, 1.807) is 0 Å². The van der Waals surface area contributed by atoms with Crippen LogP contribution < -0.4 is 0 Å². The summed E-state index contributed by atoms with van der Waals surface area (Å²) in [5.41, 5.74) is 15.0. The topological polar surface area (TPSA) is 38.7 Å². The molecule has 51 heavy (non-hydrogen) atoms. The Kier molecular flexibility index (Phi) is 8.15. The second kappa shape index (κ2) is 13.4. The molecule has 9 rings (SSSR count). The molecule has 0 unspecified atom stereocenters. The second-order valence-electron chi connectivity index (χ2n) is 12.9. The van der Waals surface area contributed by atoms with Gasteiger partial charge in [0.1, 0.15) is 0 Å². The summed E-state index contributed by atoms with van der Waals surface area (Å²) >= 11 is 3.69. The van der Waals surface area contributed by atoms with E-state index < -0.39 is 0 Å². The van der Waals surface area contributed by atoms with E-state index in [2.05, 4.69) is 168 Å². The predicted molar refractivity (Wildman–Crippen MR) is 213 cm³/mol. The molecule has 1 aliphatic carbocycles. The predicted octanol–water partition coefficient (Wildman–Crippen LogP) is 12.4. The van der Waals surface area contributed by atoms with E-state index in [0.29, 0.717) is 17.5 Å². The molecule has 0 saturated heterocycles. The number of aromatic nitrogens is 3. The molecule has 4 heteroatoms. The van der Waals surface area contributed by atoms with Gasteiger partial charge < -0.3 is 0 Å². The van der Waals surface area contributed by atoms with Crippen LogP contribution in [-0.2, 0) is 12.8 Å². The number of hydrogen-bond acceptors (Lipinski definition) is 3. The molecule has 0 amide bonds. The molecular formula is C47H32BrN3. The smallest absolute Gasteiger partial charge is 0.164 e. The van der Waals surface area contributed by atoms with Gasteiger partial charge in [-0.3, -0.25) is 0 Å². The van der Waals surface area contributed by atoms with Gasteiger partial charge in [0.2, 0.25) is 0 Å². The van der Waals surface area contributed by atoms with E-state index in [0.717, 1.165) is 45.1 Å². The molecule has 1 aromatic heterocycles. The fourth-order valence-corrected chi connectivity index (χ4v) is 7.57. The van der Waals surface area contributed by atoms with Crippen molar-refractivity contribution < 1.29 is 0 Å². The number of rotatable bonds is 6. The normalized spacial score (nSPS) is 11.9. The van der Waals surface area contributed by atoms with Gasteiger partial charge in [-0.15, -0.1) is 0 Å². The van der Waals surface area contributed by atoms with E-state index in [9.17, 15) is 0 Å². The van der Waals surface area contributed by atoms with Crippen molar-refractivity contribution in [3.8, 4) is 78.7 Å². The van der Waals surface area contributed by atoms with Gasteiger partial charge in [0.15, 0.2) is 17.5 Å². The van der Waals surface area contributed by atoms with Gasteiger partial charge in [-0.25, -0.2) is 15.0 Å². The largest absolute Gasteiger partial charge is 0.208 e. The molecule has 3 nitrogen and oxygen atoms in total. The van der Waals surface area contributed by atoms with E-state index in [1.807, 2.05) is 18.2 Å². The Hall–Kier alpha value is -5.97. The summed E-state index contributed by atoms with van der Waals surface area (Å²) in [6.45, 7) is 0. The molecule has 242 valence electrons. The molecule has 7 aromatic carbocycles. The van der Waals surface area contributed by atoms with Crippen molar-refractivity contribution in [3.63, 3.8) is 0 Å². The number of hydrogen-bond donors (Lipinski definition) is 0. The Morgan fingerprint density at radius 3 is 1.49 bits per heavy atom. The zero-order valence-electron chi connectivity index (χ0n) is 27.8. The van der Waals surface area contributed by atoms with Crippen LogP contribution >= 0.6 is 15.9 Å². The highest BCUT2D eigenvalue weighted by Gasteiger charge is 2.23. The van der Waals surface area contributed by atoms with Crippen LogP contribution in [0.4, 0.5) is 0 Å². The maximum absolute atomic E-state index is 5.23. The van der Waals surface area contributed by atoms with Gasteiger partial charge in [-0.05, 0) is 105 Å². The van der Waals surface area contributed by atoms with Crippen molar-refractivity contribution in [1.82, 2.24) is 15.0 Å². The minimum absolute atomic E-state index is 0.646.